The molecule has 0 aliphatic heterocycles. The molecule has 1 N–H and O–H groups in total. The van der Waals surface area contributed by atoms with Gasteiger partial charge in [-0.05, 0) is 31.0 Å². The van der Waals surface area contributed by atoms with Crippen molar-refractivity contribution in [2.24, 2.45) is 0 Å². The molecule has 1 amide bonds. The fraction of sp³-hybridized carbons (Fsp3) is 0.188. The Bertz CT molecular complexity index is 952. The Morgan fingerprint density at radius 2 is 2.08 bits per heavy atom. The maximum atomic E-state index is 12.2. The van der Waals surface area contributed by atoms with Crippen LogP contribution in [0.4, 0.5) is 11.4 Å². The summed E-state index contributed by atoms with van der Waals surface area (Å²) in [5.41, 5.74) is 0.419. The van der Waals surface area contributed by atoms with Crippen LogP contribution in [0.3, 0.4) is 0 Å². The number of hydrogen-bond acceptors (Lipinski definition) is 5. The molecule has 0 radical (unpaired) electrons. The van der Waals surface area contributed by atoms with Crippen molar-refractivity contribution in [3.8, 4) is 6.07 Å². The predicted octanol–water partition coefficient (Wildman–Crippen LogP) is 2.54. The van der Waals surface area contributed by atoms with E-state index in [-0.39, 0.29) is 0 Å². The van der Waals surface area contributed by atoms with E-state index >= 15 is 0 Å². The molecule has 0 spiro atoms. The number of carbonyl (C=O) groups is 1. The molecule has 9 heteroatoms. The van der Waals surface area contributed by atoms with Gasteiger partial charge in [0, 0.05) is 6.07 Å². The number of benzene rings is 1. The van der Waals surface area contributed by atoms with Crippen LogP contribution in [0.1, 0.15) is 16.7 Å². The number of rotatable bonds is 4. The zero-order valence-electron chi connectivity index (χ0n) is 13.4. The van der Waals surface area contributed by atoms with Crippen molar-refractivity contribution in [1.82, 2.24) is 4.57 Å². The third-order valence-corrected chi connectivity index (χ3v) is 3.71. The highest BCUT2D eigenvalue weighted by Gasteiger charge is 2.16. The number of nitrogens with one attached hydrogen (secondary N) is 1. The van der Waals surface area contributed by atoms with Crippen molar-refractivity contribution in [2.75, 3.05) is 5.32 Å². The molecule has 0 fully saturated rings. The summed E-state index contributed by atoms with van der Waals surface area (Å²) < 4.78 is 0.823. The standard InChI is InChI=1S/C16H13ClN4O4/c1-9-3-10(2)15(13(17)4-9)19-14(22)8-20-7-12(21(24)25)5-11(6-18)16(20)23/h3-5,7H,8H2,1-2H3,(H,19,22). The normalized spacial score (nSPS) is 10.2. The number of pyridine rings is 1. The fourth-order valence-electron chi connectivity index (χ4n) is 2.32. The second kappa shape index (κ2) is 7.15. The fourth-order valence-corrected chi connectivity index (χ4v) is 2.69. The molecule has 0 aliphatic rings. The van der Waals surface area contributed by atoms with Gasteiger partial charge in [0.05, 0.1) is 21.8 Å². The molecule has 0 aliphatic carbocycles. The zero-order valence-corrected chi connectivity index (χ0v) is 14.1. The van der Waals surface area contributed by atoms with Crippen molar-refractivity contribution < 1.29 is 9.72 Å². The van der Waals surface area contributed by atoms with Crippen LogP contribution in [0.2, 0.25) is 5.02 Å². The van der Waals surface area contributed by atoms with Gasteiger partial charge in [-0.25, -0.2) is 0 Å². The summed E-state index contributed by atoms with van der Waals surface area (Å²) in [5, 5.41) is 22.7. The van der Waals surface area contributed by atoms with Crippen LogP contribution >= 0.6 is 11.6 Å². The molecule has 8 nitrogen and oxygen atoms in total. The third kappa shape index (κ3) is 4.02. The number of aromatic nitrogens is 1. The Kier molecular flexibility index (Phi) is 5.20. The monoisotopic (exact) mass is 360 g/mol. The number of nitrogens with zero attached hydrogens (tertiary/aromatic N) is 3. The second-order valence-electron chi connectivity index (χ2n) is 5.40. The molecule has 0 saturated heterocycles. The molecule has 0 saturated carbocycles. The van der Waals surface area contributed by atoms with E-state index in [0.717, 1.165) is 28.0 Å². The zero-order chi connectivity index (χ0) is 18.7. The van der Waals surface area contributed by atoms with Gasteiger partial charge in [0.1, 0.15) is 18.2 Å². The summed E-state index contributed by atoms with van der Waals surface area (Å²) in [5.74, 6) is -0.597. The molecule has 2 rings (SSSR count). The molecule has 128 valence electrons. The number of hydrogen-bond donors (Lipinski definition) is 1. The Morgan fingerprint density at radius 1 is 1.40 bits per heavy atom. The molecule has 1 heterocycles. The lowest BCUT2D eigenvalue weighted by Gasteiger charge is -2.12. The lowest BCUT2D eigenvalue weighted by atomic mass is 10.1. The number of aryl methyl sites for hydroxylation is 2. The van der Waals surface area contributed by atoms with Gasteiger partial charge >= 0.3 is 0 Å². The number of anilines is 1. The first-order chi connectivity index (χ1) is 11.7. The molecule has 1 aromatic heterocycles. The van der Waals surface area contributed by atoms with Crippen LogP contribution in [0.25, 0.3) is 0 Å². The second-order valence-corrected chi connectivity index (χ2v) is 5.81. The minimum atomic E-state index is -0.782. The van der Waals surface area contributed by atoms with Crippen LogP contribution < -0.4 is 10.9 Å². The first kappa shape index (κ1) is 18.2. The average Bonchev–Trinajstić information content (AvgIpc) is 2.52. The van der Waals surface area contributed by atoms with E-state index in [9.17, 15) is 19.7 Å². The summed E-state index contributed by atoms with van der Waals surface area (Å²) in [4.78, 5) is 34.4. The van der Waals surface area contributed by atoms with Crippen LogP contribution in [-0.4, -0.2) is 15.4 Å². The lowest BCUT2D eigenvalue weighted by molar-refractivity contribution is -0.385. The number of nitro groups is 1. The highest BCUT2D eigenvalue weighted by molar-refractivity contribution is 6.34. The molecule has 0 atom stereocenters. The Morgan fingerprint density at radius 3 is 2.64 bits per heavy atom. The number of halogens is 1. The molecule has 25 heavy (non-hydrogen) atoms. The minimum Gasteiger partial charge on any atom is -0.323 e. The number of amides is 1. The molecular weight excluding hydrogens is 348 g/mol. The average molecular weight is 361 g/mol. The summed E-state index contributed by atoms with van der Waals surface area (Å²) in [7, 11) is 0. The van der Waals surface area contributed by atoms with E-state index < -0.39 is 34.2 Å². The van der Waals surface area contributed by atoms with Gasteiger partial charge in [0.2, 0.25) is 5.91 Å². The van der Waals surface area contributed by atoms with E-state index in [1.165, 1.54) is 0 Å². The van der Waals surface area contributed by atoms with Gasteiger partial charge in [-0.2, -0.15) is 5.26 Å². The van der Waals surface area contributed by atoms with Gasteiger partial charge in [0.25, 0.3) is 11.2 Å². The lowest BCUT2D eigenvalue weighted by Crippen LogP contribution is -2.29. The van der Waals surface area contributed by atoms with Gasteiger partial charge < -0.3 is 5.32 Å². The molecule has 0 bridgehead atoms. The number of carbonyl (C=O) groups excluding carboxylic acids is 1. The minimum absolute atomic E-state index is 0.343. The van der Waals surface area contributed by atoms with Crippen molar-refractivity contribution in [1.29, 1.82) is 5.26 Å². The highest BCUT2D eigenvalue weighted by Crippen LogP contribution is 2.27. The van der Waals surface area contributed by atoms with Crippen LogP contribution in [0, 0.1) is 35.3 Å². The molecule has 0 unspecified atom stereocenters. The van der Waals surface area contributed by atoms with Gasteiger partial charge in [-0.1, -0.05) is 17.7 Å². The van der Waals surface area contributed by atoms with E-state index in [4.69, 9.17) is 16.9 Å². The Labute approximate surface area is 147 Å². The summed E-state index contributed by atoms with van der Waals surface area (Å²) in [6, 6.07) is 5.97. The first-order valence-corrected chi connectivity index (χ1v) is 7.46. The predicted molar refractivity (Wildman–Crippen MR) is 91.6 cm³/mol. The van der Waals surface area contributed by atoms with Crippen LogP contribution in [0.15, 0.2) is 29.2 Å². The first-order valence-electron chi connectivity index (χ1n) is 7.08. The molecule has 1 aromatic carbocycles. The van der Waals surface area contributed by atoms with Gasteiger partial charge in [-0.3, -0.25) is 24.3 Å². The Hall–Kier alpha value is -3.18. The smallest absolute Gasteiger partial charge is 0.287 e. The van der Waals surface area contributed by atoms with Crippen molar-refractivity contribution in [3.63, 3.8) is 0 Å². The maximum absolute atomic E-state index is 12.2. The van der Waals surface area contributed by atoms with Crippen LogP contribution in [-0.2, 0) is 11.3 Å². The molecular formula is C16H13ClN4O4. The largest absolute Gasteiger partial charge is 0.323 e. The van der Waals surface area contributed by atoms with E-state index in [0.29, 0.717) is 10.7 Å². The van der Waals surface area contributed by atoms with Crippen molar-refractivity contribution in [2.45, 2.75) is 20.4 Å². The highest BCUT2D eigenvalue weighted by atomic mass is 35.5. The number of nitriles is 1. The van der Waals surface area contributed by atoms with Gasteiger partial charge in [0.15, 0.2) is 0 Å². The van der Waals surface area contributed by atoms with E-state index in [1.807, 2.05) is 13.0 Å². The van der Waals surface area contributed by atoms with Crippen molar-refractivity contribution in [3.05, 3.63) is 66.6 Å². The summed E-state index contributed by atoms with van der Waals surface area (Å²) >= 11 is 6.11. The Balaban J connectivity index is 2.33. The van der Waals surface area contributed by atoms with E-state index in [1.54, 1.807) is 19.1 Å². The van der Waals surface area contributed by atoms with Crippen LogP contribution in [0.5, 0.6) is 0 Å². The quantitative estimate of drug-likeness (QED) is 0.663. The summed E-state index contributed by atoms with van der Waals surface area (Å²) in [6.07, 6.45) is 0.923. The summed E-state index contributed by atoms with van der Waals surface area (Å²) in [6.45, 7) is 3.14. The third-order valence-electron chi connectivity index (χ3n) is 3.41. The maximum Gasteiger partial charge on any atom is 0.287 e. The molecule has 2 aromatic rings. The SMILES string of the molecule is Cc1cc(C)c(NC(=O)Cn2cc([N+](=O)[O-])cc(C#N)c2=O)c(Cl)c1. The van der Waals surface area contributed by atoms with E-state index in [2.05, 4.69) is 5.32 Å². The topological polar surface area (TPSA) is 118 Å². The van der Waals surface area contributed by atoms with Crippen molar-refractivity contribution >= 4 is 28.9 Å². The van der Waals surface area contributed by atoms with Gasteiger partial charge in [-0.15, -0.1) is 0 Å².